The first-order valence-corrected chi connectivity index (χ1v) is 9.36. The number of carbonyl (C=O) groups excluding carboxylic acids is 1. The van der Waals surface area contributed by atoms with Gasteiger partial charge in [0.15, 0.2) is 0 Å². The van der Waals surface area contributed by atoms with Crippen molar-refractivity contribution in [3.63, 3.8) is 0 Å². The molecule has 1 aliphatic heterocycles. The standard InChI is InChI=1S/C21H20ClN3O2/c22-17-7-5-15(6-8-17)14-24-9-11-25(12-10-24)21(27)19-13-16-3-1-2-4-18(16)20(26)23-19/h1-8,13H,9-12,14H2,(H,23,26). The van der Waals surface area contributed by atoms with Crippen LogP contribution in [0.5, 0.6) is 0 Å². The third kappa shape index (κ3) is 3.89. The highest BCUT2D eigenvalue weighted by Gasteiger charge is 2.23. The summed E-state index contributed by atoms with van der Waals surface area (Å²) in [5, 5.41) is 2.12. The summed E-state index contributed by atoms with van der Waals surface area (Å²) in [5.41, 5.74) is 1.33. The second kappa shape index (κ2) is 7.55. The second-order valence-corrected chi connectivity index (χ2v) is 7.23. The van der Waals surface area contributed by atoms with E-state index in [4.69, 9.17) is 11.6 Å². The van der Waals surface area contributed by atoms with Gasteiger partial charge in [0, 0.05) is 43.1 Å². The highest BCUT2D eigenvalue weighted by Crippen LogP contribution is 2.15. The molecule has 1 amide bonds. The van der Waals surface area contributed by atoms with Gasteiger partial charge in [-0.05, 0) is 35.2 Å². The molecule has 0 bridgehead atoms. The summed E-state index contributed by atoms with van der Waals surface area (Å²) in [7, 11) is 0. The van der Waals surface area contributed by atoms with Crippen LogP contribution in [0.15, 0.2) is 59.4 Å². The molecule has 4 rings (SSSR count). The number of H-pyrrole nitrogens is 1. The first-order chi connectivity index (χ1) is 13.1. The van der Waals surface area contributed by atoms with Crippen LogP contribution in [-0.4, -0.2) is 46.9 Å². The SMILES string of the molecule is O=C(c1cc2ccccc2c(=O)[nH]1)N1CCN(Cc2ccc(Cl)cc2)CC1. The van der Waals surface area contributed by atoms with Crippen LogP contribution < -0.4 is 5.56 Å². The lowest BCUT2D eigenvalue weighted by atomic mass is 10.1. The Labute approximate surface area is 162 Å². The molecule has 138 valence electrons. The van der Waals surface area contributed by atoms with Gasteiger partial charge < -0.3 is 9.88 Å². The molecule has 0 radical (unpaired) electrons. The summed E-state index contributed by atoms with van der Waals surface area (Å²) < 4.78 is 0. The molecule has 0 spiro atoms. The van der Waals surface area contributed by atoms with Crippen molar-refractivity contribution in [3.05, 3.63) is 81.2 Å². The molecule has 1 aromatic heterocycles. The van der Waals surface area contributed by atoms with Gasteiger partial charge in [-0.2, -0.15) is 0 Å². The number of piperazine rings is 1. The largest absolute Gasteiger partial charge is 0.335 e. The Bertz CT molecular complexity index is 1020. The highest BCUT2D eigenvalue weighted by atomic mass is 35.5. The average Bonchev–Trinajstić information content (AvgIpc) is 2.70. The number of benzene rings is 2. The van der Waals surface area contributed by atoms with Gasteiger partial charge in [0.25, 0.3) is 11.5 Å². The van der Waals surface area contributed by atoms with Crippen molar-refractivity contribution in [1.82, 2.24) is 14.8 Å². The second-order valence-electron chi connectivity index (χ2n) is 6.79. The molecule has 6 heteroatoms. The number of hydrogen-bond donors (Lipinski definition) is 1. The Hall–Kier alpha value is -2.63. The molecule has 1 fully saturated rings. The van der Waals surface area contributed by atoms with Crippen LogP contribution in [0, 0.1) is 0 Å². The van der Waals surface area contributed by atoms with E-state index in [2.05, 4.69) is 9.88 Å². The fourth-order valence-electron chi connectivity index (χ4n) is 3.45. The van der Waals surface area contributed by atoms with E-state index in [-0.39, 0.29) is 11.5 Å². The molecular weight excluding hydrogens is 362 g/mol. The fraction of sp³-hybridized carbons (Fsp3) is 0.238. The van der Waals surface area contributed by atoms with Crippen molar-refractivity contribution in [3.8, 4) is 0 Å². The van der Waals surface area contributed by atoms with Crippen LogP contribution in [0.3, 0.4) is 0 Å². The number of pyridine rings is 1. The van der Waals surface area contributed by atoms with Crippen molar-refractivity contribution in [2.24, 2.45) is 0 Å². The molecule has 2 aromatic carbocycles. The molecule has 2 heterocycles. The fourth-order valence-corrected chi connectivity index (χ4v) is 3.58. The minimum atomic E-state index is -0.224. The molecule has 0 atom stereocenters. The minimum absolute atomic E-state index is 0.121. The van der Waals surface area contributed by atoms with Gasteiger partial charge in [0.05, 0.1) is 0 Å². The summed E-state index contributed by atoms with van der Waals surface area (Å²) in [6.07, 6.45) is 0. The normalized spacial score (nSPS) is 15.2. The Balaban J connectivity index is 1.43. The number of aromatic amines is 1. The molecule has 1 N–H and O–H groups in total. The number of hydrogen-bond acceptors (Lipinski definition) is 3. The number of nitrogens with one attached hydrogen (secondary N) is 1. The zero-order valence-electron chi connectivity index (χ0n) is 14.8. The van der Waals surface area contributed by atoms with Crippen molar-refractivity contribution < 1.29 is 4.79 Å². The molecule has 3 aromatic rings. The van der Waals surface area contributed by atoms with Gasteiger partial charge in [0.1, 0.15) is 5.69 Å². The van der Waals surface area contributed by atoms with Crippen molar-refractivity contribution >= 4 is 28.3 Å². The maximum Gasteiger partial charge on any atom is 0.270 e. The maximum atomic E-state index is 12.8. The predicted molar refractivity (Wildman–Crippen MR) is 107 cm³/mol. The molecule has 0 saturated carbocycles. The van der Waals surface area contributed by atoms with Crippen molar-refractivity contribution in [2.45, 2.75) is 6.54 Å². The van der Waals surface area contributed by atoms with Gasteiger partial charge >= 0.3 is 0 Å². The number of carbonyl (C=O) groups is 1. The summed E-state index contributed by atoms with van der Waals surface area (Å²) in [6, 6.07) is 16.9. The first-order valence-electron chi connectivity index (χ1n) is 8.98. The van der Waals surface area contributed by atoms with Crippen LogP contribution in [-0.2, 0) is 6.54 Å². The van der Waals surface area contributed by atoms with Crippen LogP contribution in [0.25, 0.3) is 10.8 Å². The minimum Gasteiger partial charge on any atom is -0.335 e. The van der Waals surface area contributed by atoms with Crippen LogP contribution in [0.4, 0.5) is 0 Å². The molecule has 5 nitrogen and oxygen atoms in total. The van der Waals surface area contributed by atoms with E-state index in [0.717, 1.165) is 30.0 Å². The van der Waals surface area contributed by atoms with Crippen LogP contribution in [0.2, 0.25) is 5.02 Å². The van der Waals surface area contributed by atoms with Gasteiger partial charge in [-0.3, -0.25) is 14.5 Å². The zero-order chi connectivity index (χ0) is 18.8. The molecule has 1 aliphatic rings. The van der Waals surface area contributed by atoms with Gasteiger partial charge in [-0.15, -0.1) is 0 Å². The average molecular weight is 382 g/mol. The Kier molecular flexibility index (Phi) is 4.97. The molecule has 0 aliphatic carbocycles. The third-order valence-electron chi connectivity index (χ3n) is 4.96. The lowest BCUT2D eigenvalue weighted by molar-refractivity contribution is 0.0622. The molecule has 1 saturated heterocycles. The third-order valence-corrected chi connectivity index (χ3v) is 5.21. The zero-order valence-corrected chi connectivity index (χ0v) is 15.6. The van der Waals surface area contributed by atoms with Crippen molar-refractivity contribution in [2.75, 3.05) is 26.2 Å². The highest BCUT2D eigenvalue weighted by molar-refractivity contribution is 6.30. The molecule has 27 heavy (non-hydrogen) atoms. The number of aromatic nitrogens is 1. The van der Waals surface area contributed by atoms with E-state index in [1.165, 1.54) is 5.56 Å². The number of amides is 1. The molecule has 0 unspecified atom stereocenters. The van der Waals surface area contributed by atoms with E-state index in [9.17, 15) is 9.59 Å². The summed E-state index contributed by atoms with van der Waals surface area (Å²) >= 11 is 5.93. The first kappa shape index (κ1) is 17.8. The lowest BCUT2D eigenvalue weighted by Gasteiger charge is -2.34. The smallest absolute Gasteiger partial charge is 0.270 e. The maximum absolute atomic E-state index is 12.8. The Morgan fingerprint density at radius 1 is 1.00 bits per heavy atom. The Morgan fingerprint density at radius 2 is 1.70 bits per heavy atom. The van der Waals surface area contributed by atoms with Crippen molar-refractivity contribution in [1.29, 1.82) is 0 Å². The summed E-state index contributed by atoms with van der Waals surface area (Å²) in [4.78, 5) is 31.9. The number of rotatable bonds is 3. The monoisotopic (exact) mass is 381 g/mol. The van der Waals surface area contributed by atoms with Crippen LogP contribution >= 0.6 is 11.6 Å². The van der Waals surface area contributed by atoms with Gasteiger partial charge in [0.2, 0.25) is 0 Å². The summed E-state index contributed by atoms with van der Waals surface area (Å²) in [6.45, 7) is 3.72. The number of fused-ring (bicyclic) bond motifs is 1. The van der Waals surface area contributed by atoms with Gasteiger partial charge in [-0.25, -0.2) is 0 Å². The quantitative estimate of drug-likeness (QED) is 0.758. The van der Waals surface area contributed by atoms with Gasteiger partial charge in [-0.1, -0.05) is 41.9 Å². The summed E-state index contributed by atoms with van der Waals surface area (Å²) in [5.74, 6) is -0.121. The van der Waals surface area contributed by atoms with E-state index in [1.54, 1.807) is 17.0 Å². The predicted octanol–water partition coefficient (Wildman–Crippen LogP) is 3.14. The molecular formula is C21H20ClN3O2. The van der Waals surface area contributed by atoms with E-state index < -0.39 is 0 Å². The van der Waals surface area contributed by atoms with E-state index in [1.807, 2.05) is 42.5 Å². The Morgan fingerprint density at radius 3 is 2.44 bits per heavy atom. The topological polar surface area (TPSA) is 56.4 Å². The van der Waals surface area contributed by atoms with E-state index >= 15 is 0 Å². The number of halogens is 1. The lowest BCUT2D eigenvalue weighted by Crippen LogP contribution is -2.48. The number of nitrogens with zero attached hydrogens (tertiary/aromatic N) is 2. The van der Waals surface area contributed by atoms with Crippen LogP contribution in [0.1, 0.15) is 16.1 Å². The van der Waals surface area contributed by atoms with E-state index in [0.29, 0.717) is 24.2 Å².